The van der Waals surface area contributed by atoms with E-state index in [-0.39, 0.29) is 44.0 Å². The van der Waals surface area contributed by atoms with Crippen LogP contribution in [0.15, 0.2) is 76.5 Å². The van der Waals surface area contributed by atoms with Gasteiger partial charge in [-0.15, -0.1) is 5.56 Å². The molecule has 0 saturated heterocycles. The third kappa shape index (κ3) is 5.86. The van der Waals surface area contributed by atoms with E-state index in [4.69, 9.17) is 18.6 Å². The van der Waals surface area contributed by atoms with Crippen LogP contribution in [0.4, 0.5) is 5.69 Å². The fourth-order valence-electron chi connectivity index (χ4n) is 3.63. The van der Waals surface area contributed by atoms with Gasteiger partial charge in [-0.05, 0) is 35.9 Å². The van der Waals surface area contributed by atoms with Crippen molar-refractivity contribution in [2.75, 3.05) is 26.1 Å². The molecule has 36 heavy (non-hydrogen) atoms. The molecule has 0 aliphatic carbocycles. The maximum absolute atomic E-state index is 13.1. The number of methoxy groups -OCH3 is 2. The van der Waals surface area contributed by atoms with Crippen LogP contribution in [-0.2, 0) is 32.7 Å². The third-order valence-corrected chi connectivity index (χ3v) is 5.37. The molecule has 4 rings (SSSR count). The summed E-state index contributed by atoms with van der Waals surface area (Å²) in [6.07, 6.45) is 1.62. The number of fused-ring (bicyclic) bond motifs is 1. The smallest absolute Gasteiger partial charge is 0.357 e. The Bertz CT molecular complexity index is 1480. The number of anilines is 1. The molecule has 0 bridgehead atoms. The average Bonchev–Trinajstić information content (AvgIpc) is 2.88. The summed E-state index contributed by atoms with van der Waals surface area (Å²) in [5.41, 5.74) is 2.25. The zero-order valence-electron chi connectivity index (χ0n) is 20.2. The van der Waals surface area contributed by atoms with E-state index >= 15 is 0 Å². The van der Waals surface area contributed by atoms with Crippen molar-refractivity contribution in [2.24, 2.45) is 0 Å². The van der Waals surface area contributed by atoms with Gasteiger partial charge in [-0.2, -0.15) is 6.07 Å². The van der Waals surface area contributed by atoms with Gasteiger partial charge in [-0.3, -0.25) is 4.79 Å². The van der Waals surface area contributed by atoms with Crippen LogP contribution in [0, 0.1) is 13.0 Å². The van der Waals surface area contributed by atoms with Crippen molar-refractivity contribution in [3.63, 3.8) is 0 Å². The van der Waals surface area contributed by atoms with Gasteiger partial charge in [0.2, 0.25) is 0 Å². The first kappa shape index (κ1) is 27.2. The normalized spacial score (nSPS) is 10.3. The SMILES string of the molecule is C=CCOc1[c-]c2oc(=O)c(NC(=O)c3ccc(OC)c(-c4cccc(OC)c4)c3)cc2cc1C.[Y]. The second-order valence-electron chi connectivity index (χ2n) is 7.71. The Balaban J connectivity index is 0.00000361. The number of benzene rings is 3. The van der Waals surface area contributed by atoms with Crippen molar-refractivity contribution in [2.45, 2.75) is 6.92 Å². The van der Waals surface area contributed by atoms with E-state index in [1.807, 2.05) is 31.2 Å². The van der Waals surface area contributed by atoms with Gasteiger partial charge in [0.1, 0.15) is 23.8 Å². The van der Waals surface area contributed by atoms with E-state index in [0.29, 0.717) is 40.4 Å². The molecule has 1 radical (unpaired) electrons. The van der Waals surface area contributed by atoms with Crippen LogP contribution in [0.25, 0.3) is 22.1 Å². The molecule has 8 heteroatoms. The van der Waals surface area contributed by atoms with Gasteiger partial charge in [-0.1, -0.05) is 49.2 Å². The standard InChI is InChI=1S/C28H24NO6.Y/c1-5-11-34-25-16-26-20(12-17(25)2)15-23(28(31)35-26)29-27(30)19-9-10-24(33-4)22(14-19)18-7-6-8-21(13-18)32-3;/h5-10,12-15H,1,11H2,2-4H3,(H,29,30);/q-1;. The molecule has 1 N–H and O–H groups in total. The molecule has 0 fully saturated rings. The Hall–Kier alpha value is -3.42. The predicted octanol–water partition coefficient (Wildman–Crippen LogP) is 5.40. The summed E-state index contributed by atoms with van der Waals surface area (Å²) in [5, 5.41) is 3.26. The van der Waals surface area contributed by atoms with Crippen LogP contribution in [0.2, 0.25) is 0 Å². The van der Waals surface area contributed by atoms with Gasteiger partial charge in [-0.25, -0.2) is 4.79 Å². The zero-order chi connectivity index (χ0) is 24.9. The summed E-state index contributed by atoms with van der Waals surface area (Å²) in [4.78, 5) is 25.6. The van der Waals surface area contributed by atoms with Crippen molar-refractivity contribution in [1.29, 1.82) is 0 Å². The molecule has 7 nitrogen and oxygen atoms in total. The molecule has 1 amide bonds. The van der Waals surface area contributed by atoms with Gasteiger partial charge in [0, 0.05) is 55.2 Å². The van der Waals surface area contributed by atoms with Gasteiger partial charge in [0.25, 0.3) is 5.91 Å². The summed E-state index contributed by atoms with van der Waals surface area (Å²) in [6, 6.07) is 18.8. The Morgan fingerprint density at radius 2 is 1.92 bits per heavy atom. The van der Waals surface area contributed by atoms with Crippen LogP contribution < -0.4 is 25.2 Å². The minimum atomic E-state index is -0.692. The topological polar surface area (TPSA) is 87.0 Å². The first-order valence-corrected chi connectivity index (χ1v) is 10.8. The third-order valence-electron chi connectivity index (χ3n) is 5.37. The number of amides is 1. The summed E-state index contributed by atoms with van der Waals surface area (Å²) in [7, 11) is 3.15. The van der Waals surface area contributed by atoms with Crippen LogP contribution in [-0.4, -0.2) is 26.7 Å². The number of carbonyl (C=O) groups excluding carboxylic acids is 1. The Kier molecular flexibility index (Phi) is 9.07. The summed E-state index contributed by atoms with van der Waals surface area (Å²) < 4.78 is 21.7. The van der Waals surface area contributed by atoms with Gasteiger partial charge in [0.15, 0.2) is 0 Å². The first-order valence-electron chi connectivity index (χ1n) is 10.8. The fraction of sp³-hybridized carbons (Fsp3) is 0.143. The minimum absolute atomic E-state index is 0. The zero-order valence-corrected chi connectivity index (χ0v) is 23.1. The second-order valence-corrected chi connectivity index (χ2v) is 7.71. The van der Waals surface area contributed by atoms with Crippen molar-refractivity contribution in [3.8, 4) is 28.4 Å². The predicted molar refractivity (Wildman–Crippen MR) is 135 cm³/mol. The number of ether oxygens (including phenoxy) is 3. The number of aryl methyl sites for hydroxylation is 1. The van der Waals surface area contributed by atoms with Crippen LogP contribution in [0.3, 0.4) is 0 Å². The number of rotatable bonds is 8. The monoisotopic (exact) mass is 559 g/mol. The molecule has 1 heterocycles. The van der Waals surface area contributed by atoms with Crippen molar-refractivity contribution < 1.29 is 56.1 Å². The molecular weight excluding hydrogens is 535 g/mol. The quantitative estimate of drug-likeness (QED) is 0.177. The Morgan fingerprint density at radius 1 is 1.11 bits per heavy atom. The van der Waals surface area contributed by atoms with Crippen LogP contribution >= 0.6 is 0 Å². The summed E-state index contributed by atoms with van der Waals surface area (Å²) in [6.45, 7) is 5.78. The van der Waals surface area contributed by atoms with Crippen LogP contribution in [0.1, 0.15) is 15.9 Å². The van der Waals surface area contributed by atoms with Crippen molar-refractivity contribution in [3.05, 3.63) is 94.9 Å². The molecule has 0 atom stereocenters. The molecule has 0 saturated carbocycles. The average molecular weight is 559 g/mol. The fourth-order valence-corrected chi connectivity index (χ4v) is 3.63. The van der Waals surface area contributed by atoms with E-state index in [0.717, 1.165) is 11.1 Å². The molecule has 0 aliphatic heterocycles. The van der Waals surface area contributed by atoms with Crippen LogP contribution in [0.5, 0.6) is 17.2 Å². The number of hydrogen-bond acceptors (Lipinski definition) is 6. The first-order chi connectivity index (χ1) is 16.9. The number of hydrogen-bond donors (Lipinski definition) is 1. The largest absolute Gasteiger partial charge is 0.515 e. The van der Waals surface area contributed by atoms with E-state index < -0.39 is 11.5 Å². The van der Waals surface area contributed by atoms with E-state index in [1.165, 1.54) is 0 Å². The molecule has 0 spiro atoms. The van der Waals surface area contributed by atoms with Gasteiger partial charge in [0.05, 0.1) is 14.2 Å². The van der Waals surface area contributed by atoms with E-state index in [2.05, 4.69) is 18.0 Å². The van der Waals surface area contributed by atoms with Gasteiger partial charge >= 0.3 is 5.63 Å². The maximum atomic E-state index is 13.1. The molecule has 181 valence electrons. The Morgan fingerprint density at radius 3 is 2.64 bits per heavy atom. The van der Waals surface area contributed by atoms with E-state index in [1.54, 1.807) is 50.6 Å². The molecular formula is C28H24NO6Y-. The molecule has 1 aromatic heterocycles. The van der Waals surface area contributed by atoms with Gasteiger partial charge < -0.3 is 23.9 Å². The molecule has 4 aromatic rings. The molecule has 0 unspecified atom stereocenters. The minimum Gasteiger partial charge on any atom is -0.515 e. The molecule has 0 aliphatic rings. The summed E-state index contributed by atoms with van der Waals surface area (Å²) in [5.74, 6) is 1.29. The summed E-state index contributed by atoms with van der Waals surface area (Å²) >= 11 is 0. The van der Waals surface area contributed by atoms with E-state index in [9.17, 15) is 9.59 Å². The Labute approximate surface area is 233 Å². The maximum Gasteiger partial charge on any atom is 0.357 e. The van der Waals surface area contributed by atoms with Crippen molar-refractivity contribution in [1.82, 2.24) is 0 Å². The number of carbonyl (C=O) groups is 1. The molecule has 3 aromatic carbocycles. The van der Waals surface area contributed by atoms with Crippen molar-refractivity contribution >= 4 is 22.6 Å². The number of nitrogens with one attached hydrogen (secondary N) is 1. The second kappa shape index (κ2) is 12.0.